The number of aryl methyl sites for hydroxylation is 1. The van der Waals surface area contributed by atoms with Gasteiger partial charge in [-0.3, -0.25) is 9.59 Å². The molecule has 114 valence electrons. The zero-order valence-electron chi connectivity index (χ0n) is 13.3. The van der Waals surface area contributed by atoms with Crippen molar-refractivity contribution in [3.05, 3.63) is 29.8 Å². The quantitative estimate of drug-likeness (QED) is 0.929. The molecule has 1 aliphatic rings. The molecule has 1 N–H and O–H groups in total. The minimum absolute atomic E-state index is 0.0225. The third-order valence-corrected chi connectivity index (χ3v) is 3.79. The number of amides is 2. The van der Waals surface area contributed by atoms with Crippen LogP contribution in [0.1, 0.15) is 39.7 Å². The van der Waals surface area contributed by atoms with Crippen LogP contribution in [-0.4, -0.2) is 24.4 Å². The molecule has 1 aromatic rings. The van der Waals surface area contributed by atoms with Crippen LogP contribution in [0.25, 0.3) is 0 Å². The topological polar surface area (TPSA) is 49.4 Å². The van der Waals surface area contributed by atoms with Crippen LogP contribution in [0.3, 0.4) is 0 Å². The highest BCUT2D eigenvalue weighted by Crippen LogP contribution is 2.28. The predicted molar refractivity (Wildman–Crippen MR) is 84.2 cm³/mol. The Labute approximate surface area is 126 Å². The molecule has 21 heavy (non-hydrogen) atoms. The molecule has 0 aliphatic carbocycles. The van der Waals surface area contributed by atoms with Crippen molar-refractivity contribution >= 4 is 17.5 Å². The summed E-state index contributed by atoms with van der Waals surface area (Å²) in [5.41, 5.74) is 1.69. The van der Waals surface area contributed by atoms with E-state index >= 15 is 0 Å². The normalized spacial score (nSPS) is 19.6. The van der Waals surface area contributed by atoms with Gasteiger partial charge in [-0.15, -0.1) is 0 Å². The molecule has 0 radical (unpaired) electrons. The Morgan fingerprint density at radius 1 is 1.24 bits per heavy atom. The number of carbonyl (C=O) groups excluding carboxylic acids is 2. The van der Waals surface area contributed by atoms with Crippen molar-refractivity contribution in [1.29, 1.82) is 0 Å². The summed E-state index contributed by atoms with van der Waals surface area (Å²) >= 11 is 0. The number of para-hydroxylation sites is 1. The Kier molecular flexibility index (Phi) is 4.35. The van der Waals surface area contributed by atoms with Gasteiger partial charge in [0.15, 0.2) is 0 Å². The van der Waals surface area contributed by atoms with E-state index in [2.05, 4.69) is 12.2 Å². The van der Waals surface area contributed by atoms with Crippen LogP contribution in [0, 0.1) is 5.41 Å². The van der Waals surface area contributed by atoms with Gasteiger partial charge in [-0.05, 0) is 23.5 Å². The van der Waals surface area contributed by atoms with Gasteiger partial charge in [-0.1, -0.05) is 52.3 Å². The van der Waals surface area contributed by atoms with Gasteiger partial charge in [-0.25, -0.2) is 0 Å². The number of carbonyl (C=O) groups is 2. The molecule has 0 aromatic heterocycles. The Balaban J connectivity index is 2.38. The lowest BCUT2D eigenvalue weighted by Crippen LogP contribution is -2.62. The maximum absolute atomic E-state index is 12.8. The number of hydrogen-bond acceptors (Lipinski definition) is 2. The van der Waals surface area contributed by atoms with Crippen LogP contribution < -0.4 is 10.2 Å². The zero-order valence-corrected chi connectivity index (χ0v) is 13.3. The molecule has 2 amide bonds. The first-order valence-corrected chi connectivity index (χ1v) is 7.53. The van der Waals surface area contributed by atoms with E-state index < -0.39 is 6.04 Å². The molecule has 1 heterocycles. The van der Waals surface area contributed by atoms with Gasteiger partial charge in [0.05, 0.1) is 0 Å². The number of anilines is 1. The van der Waals surface area contributed by atoms with E-state index in [-0.39, 0.29) is 23.8 Å². The maximum atomic E-state index is 12.8. The van der Waals surface area contributed by atoms with Crippen LogP contribution >= 0.6 is 0 Å². The van der Waals surface area contributed by atoms with E-state index in [0.29, 0.717) is 0 Å². The average molecular weight is 288 g/mol. The molecular weight excluding hydrogens is 264 g/mol. The van der Waals surface area contributed by atoms with Crippen molar-refractivity contribution in [3.63, 3.8) is 0 Å². The summed E-state index contributed by atoms with van der Waals surface area (Å²) in [5, 5.41) is 2.83. The minimum Gasteiger partial charge on any atom is -0.342 e. The van der Waals surface area contributed by atoms with Crippen LogP contribution in [-0.2, 0) is 16.0 Å². The summed E-state index contributed by atoms with van der Waals surface area (Å²) in [5.74, 6) is -0.119. The zero-order chi connectivity index (χ0) is 15.6. The van der Waals surface area contributed by atoms with E-state index in [0.717, 1.165) is 24.1 Å². The predicted octanol–water partition coefficient (Wildman–Crippen LogP) is 2.52. The van der Waals surface area contributed by atoms with E-state index in [1.807, 2.05) is 45.0 Å². The second kappa shape index (κ2) is 5.88. The van der Waals surface area contributed by atoms with Gasteiger partial charge in [0.25, 0.3) is 5.91 Å². The van der Waals surface area contributed by atoms with Gasteiger partial charge in [0.2, 0.25) is 5.91 Å². The molecule has 1 atom stereocenters. The number of piperazine rings is 1. The molecule has 0 saturated carbocycles. The molecular formula is C17H24N2O2. The standard InChI is InChI=1S/C17H24N2O2/c1-5-8-12-9-6-7-10-13(12)19-11-14(20)18-15(16(19)21)17(2,3)4/h6-7,9-10,15H,5,8,11H2,1-4H3,(H,18,20). The Morgan fingerprint density at radius 2 is 1.90 bits per heavy atom. The molecule has 1 fully saturated rings. The molecule has 0 bridgehead atoms. The fraction of sp³-hybridized carbons (Fsp3) is 0.529. The Hall–Kier alpha value is -1.84. The highest BCUT2D eigenvalue weighted by Gasteiger charge is 2.40. The lowest BCUT2D eigenvalue weighted by molar-refractivity contribution is -0.133. The maximum Gasteiger partial charge on any atom is 0.250 e. The molecule has 1 aliphatic heterocycles. The van der Waals surface area contributed by atoms with Crippen molar-refractivity contribution in [3.8, 4) is 0 Å². The van der Waals surface area contributed by atoms with Gasteiger partial charge in [0, 0.05) is 5.69 Å². The van der Waals surface area contributed by atoms with E-state index in [1.165, 1.54) is 0 Å². The van der Waals surface area contributed by atoms with Gasteiger partial charge >= 0.3 is 0 Å². The Morgan fingerprint density at radius 3 is 2.52 bits per heavy atom. The van der Waals surface area contributed by atoms with Gasteiger partial charge in [-0.2, -0.15) is 0 Å². The van der Waals surface area contributed by atoms with Crippen LogP contribution in [0.15, 0.2) is 24.3 Å². The third-order valence-electron chi connectivity index (χ3n) is 3.79. The first-order chi connectivity index (χ1) is 9.84. The largest absolute Gasteiger partial charge is 0.342 e. The lowest BCUT2D eigenvalue weighted by atomic mass is 9.84. The van der Waals surface area contributed by atoms with E-state index in [1.54, 1.807) is 4.90 Å². The highest BCUT2D eigenvalue weighted by atomic mass is 16.2. The fourth-order valence-electron chi connectivity index (χ4n) is 2.69. The van der Waals surface area contributed by atoms with E-state index in [9.17, 15) is 9.59 Å². The highest BCUT2D eigenvalue weighted by molar-refractivity contribution is 6.07. The first-order valence-electron chi connectivity index (χ1n) is 7.53. The van der Waals surface area contributed by atoms with Crippen LogP contribution in [0.2, 0.25) is 0 Å². The molecule has 1 saturated heterocycles. The van der Waals surface area contributed by atoms with Crippen LogP contribution in [0.4, 0.5) is 5.69 Å². The summed E-state index contributed by atoms with van der Waals surface area (Å²) < 4.78 is 0. The van der Waals surface area contributed by atoms with Crippen molar-refractivity contribution in [1.82, 2.24) is 5.32 Å². The number of rotatable bonds is 3. The average Bonchev–Trinajstić information content (AvgIpc) is 2.41. The molecule has 1 aromatic carbocycles. The van der Waals surface area contributed by atoms with Crippen molar-refractivity contribution < 1.29 is 9.59 Å². The molecule has 4 heteroatoms. The molecule has 1 unspecified atom stereocenters. The second-order valence-corrected chi connectivity index (χ2v) is 6.67. The number of nitrogens with zero attached hydrogens (tertiary/aromatic N) is 1. The smallest absolute Gasteiger partial charge is 0.250 e. The summed E-state index contributed by atoms with van der Waals surface area (Å²) in [6.45, 7) is 8.12. The minimum atomic E-state index is -0.478. The molecule has 4 nitrogen and oxygen atoms in total. The number of hydrogen-bond donors (Lipinski definition) is 1. The van der Waals surface area contributed by atoms with Crippen molar-refractivity contribution in [2.45, 2.75) is 46.6 Å². The second-order valence-electron chi connectivity index (χ2n) is 6.67. The van der Waals surface area contributed by atoms with E-state index in [4.69, 9.17) is 0 Å². The number of nitrogens with one attached hydrogen (secondary N) is 1. The fourth-order valence-corrected chi connectivity index (χ4v) is 2.69. The van der Waals surface area contributed by atoms with Crippen LogP contribution in [0.5, 0.6) is 0 Å². The monoisotopic (exact) mass is 288 g/mol. The molecule has 0 spiro atoms. The Bertz CT molecular complexity index is 546. The van der Waals surface area contributed by atoms with Crippen molar-refractivity contribution in [2.24, 2.45) is 5.41 Å². The summed E-state index contributed by atoms with van der Waals surface area (Å²) in [6, 6.07) is 7.38. The summed E-state index contributed by atoms with van der Waals surface area (Å²) in [6.07, 6.45) is 1.91. The van der Waals surface area contributed by atoms with Gasteiger partial charge in [0.1, 0.15) is 12.6 Å². The summed E-state index contributed by atoms with van der Waals surface area (Å²) in [7, 11) is 0. The molecule has 2 rings (SSSR count). The third kappa shape index (κ3) is 3.26. The SMILES string of the molecule is CCCc1ccccc1N1CC(=O)NC(C(C)(C)C)C1=O. The first kappa shape index (κ1) is 15.5. The summed E-state index contributed by atoms with van der Waals surface area (Å²) in [4.78, 5) is 26.4. The van der Waals surface area contributed by atoms with Crippen molar-refractivity contribution in [2.75, 3.05) is 11.4 Å². The number of benzene rings is 1. The lowest BCUT2D eigenvalue weighted by Gasteiger charge is -2.39. The van der Waals surface area contributed by atoms with Gasteiger partial charge < -0.3 is 10.2 Å².